The first-order valence-corrected chi connectivity index (χ1v) is 5.74. The molecule has 2 aromatic rings. The molecule has 18 heavy (non-hydrogen) atoms. The summed E-state index contributed by atoms with van der Waals surface area (Å²) in [5.41, 5.74) is 7.21. The second-order valence-electron chi connectivity index (χ2n) is 3.74. The van der Waals surface area contributed by atoms with Gasteiger partial charge >= 0.3 is 0 Å². The second kappa shape index (κ2) is 5.97. The zero-order valence-electron chi connectivity index (χ0n) is 10.3. The van der Waals surface area contributed by atoms with Crippen LogP contribution in [0.15, 0.2) is 36.7 Å². The van der Waals surface area contributed by atoms with Crippen LogP contribution in [-0.4, -0.2) is 30.2 Å². The molecule has 0 saturated carbocycles. The molecular formula is C13H16N4O. The molecule has 0 radical (unpaired) electrons. The van der Waals surface area contributed by atoms with Gasteiger partial charge in [0.25, 0.3) is 0 Å². The quantitative estimate of drug-likeness (QED) is 0.834. The van der Waals surface area contributed by atoms with Gasteiger partial charge in [-0.1, -0.05) is 12.1 Å². The van der Waals surface area contributed by atoms with Gasteiger partial charge in [-0.3, -0.25) is 0 Å². The topological polar surface area (TPSA) is 73.1 Å². The summed E-state index contributed by atoms with van der Waals surface area (Å²) in [6, 6.07) is 7.66. The monoisotopic (exact) mass is 244 g/mol. The van der Waals surface area contributed by atoms with Gasteiger partial charge in [0, 0.05) is 18.7 Å². The summed E-state index contributed by atoms with van der Waals surface area (Å²) in [6.07, 6.45) is 3.49. The minimum atomic E-state index is 0.581. The molecule has 0 spiro atoms. The molecule has 0 unspecified atom stereocenters. The fourth-order valence-electron chi connectivity index (χ4n) is 1.55. The predicted octanol–water partition coefficient (Wildman–Crippen LogP) is 1.52. The number of rotatable bonds is 5. The van der Waals surface area contributed by atoms with Crippen molar-refractivity contribution in [2.75, 3.05) is 25.5 Å². The summed E-state index contributed by atoms with van der Waals surface area (Å²) in [4.78, 5) is 8.61. The lowest BCUT2D eigenvalue weighted by Crippen LogP contribution is -2.13. The van der Waals surface area contributed by atoms with Gasteiger partial charge in [-0.25, -0.2) is 9.97 Å². The van der Waals surface area contributed by atoms with Crippen LogP contribution in [0.2, 0.25) is 0 Å². The van der Waals surface area contributed by atoms with E-state index in [0.29, 0.717) is 18.9 Å². The van der Waals surface area contributed by atoms with E-state index < -0.39 is 0 Å². The Morgan fingerprint density at radius 2 is 2.06 bits per heavy atom. The third kappa shape index (κ3) is 2.95. The highest BCUT2D eigenvalue weighted by atomic mass is 16.5. The van der Waals surface area contributed by atoms with E-state index in [9.17, 15) is 0 Å². The zero-order valence-corrected chi connectivity index (χ0v) is 10.3. The van der Waals surface area contributed by atoms with Crippen LogP contribution >= 0.6 is 0 Å². The molecule has 0 saturated heterocycles. The molecule has 0 aliphatic rings. The van der Waals surface area contributed by atoms with Gasteiger partial charge in [0.15, 0.2) is 5.82 Å². The lowest BCUT2D eigenvalue weighted by Gasteiger charge is -2.06. The van der Waals surface area contributed by atoms with Crippen molar-refractivity contribution in [3.8, 4) is 17.1 Å². The van der Waals surface area contributed by atoms with Crippen molar-refractivity contribution in [1.82, 2.24) is 9.97 Å². The molecule has 0 amide bonds. The molecule has 3 N–H and O–H groups in total. The molecule has 1 aromatic heterocycles. The summed E-state index contributed by atoms with van der Waals surface area (Å²) in [5, 5.41) is 3.12. The number of methoxy groups -OCH3 is 1. The average molecular weight is 244 g/mol. The number of benzene rings is 1. The summed E-state index contributed by atoms with van der Waals surface area (Å²) in [6.45, 7) is 1.29. The lowest BCUT2D eigenvalue weighted by atomic mass is 10.2. The summed E-state index contributed by atoms with van der Waals surface area (Å²) >= 11 is 0. The van der Waals surface area contributed by atoms with Crippen molar-refractivity contribution in [2.45, 2.75) is 0 Å². The molecular weight excluding hydrogens is 228 g/mol. The Morgan fingerprint density at radius 3 is 2.72 bits per heavy atom. The number of anilines is 1. The smallest absolute Gasteiger partial charge is 0.159 e. The minimum absolute atomic E-state index is 0.581. The third-order valence-corrected chi connectivity index (χ3v) is 2.45. The van der Waals surface area contributed by atoms with Gasteiger partial charge in [-0.2, -0.15) is 0 Å². The van der Waals surface area contributed by atoms with Gasteiger partial charge in [-0.15, -0.1) is 0 Å². The first kappa shape index (κ1) is 12.3. The Balaban J connectivity index is 2.17. The maximum absolute atomic E-state index is 5.41. The fourth-order valence-corrected chi connectivity index (χ4v) is 1.55. The highest BCUT2D eigenvalue weighted by Crippen LogP contribution is 2.20. The number of aromatic nitrogens is 2. The number of hydrogen-bond acceptors (Lipinski definition) is 5. The van der Waals surface area contributed by atoms with Crippen LogP contribution in [0.1, 0.15) is 0 Å². The average Bonchev–Trinajstić information content (AvgIpc) is 2.46. The van der Waals surface area contributed by atoms with E-state index in [1.807, 2.05) is 24.3 Å². The summed E-state index contributed by atoms with van der Waals surface area (Å²) in [5.74, 6) is 1.47. The van der Waals surface area contributed by atoms with Crippen LogP contribution in [0.4, 0.5) is 5.69 Å². The maximum atomic E-state index is 5.41. The number of hydrogen-bond donors (Lipinski definition) is 2. The summed E-state index contributed by atoms with van der Waals surface area (Å²) in [7, 11) is 1.64. The first-order valence-electron chi connectivity index (χ1n) is 5.74. The van der Waals surface area contributed by atoms with E-state index in [2.05, 4.69) is 15.3 Å². The van der Waals surface area contributed by atoms with E-state index in [0.717, 1.165) is 17.0 Å². The number of ether oxygens (including phenoxy) is 1. The Hall–Kier alpha value is -2.14. The lowest BCUT2D eigenvalue weighted by molar-refractivity contribution is 0.415. The molecule has 0 aliphatic heterocycles. The van der Waals surface area contributed by atoms with E-state index in [-0.39, 0.29) is 0 Å². The van der Waals surface area contributed by atoms with Crippen molar-refractivity contribution >= 4 is 5.69 Å². The molecule has 1 heterocycles. The van der Waals surface area contributed by atoms with Gasteiger partial charge in [-0.05, 0) is 12.1 Å². The Labute approximate surface area is 106 Å². The van der Waals surface area contributed by atoms with Crippen LogP contribution in [0.25, 0.3) is 11.4 Å². The van der Waals surface area contributed by atoms with E-state index in [4.69, 9.17) is 10.5 Å². The standard InChI is InChI=1S/C13H16N4O/c1-18-12-4-2-3-10(7-12)13-16-8-11(9-17-13)15-6-5-14/h2-4,7-9,15H,5-6,14H2,1H3. The Morgan fingerprint density at radius 1 is 1.28 bits per heavy atom. The van der Waals surface area contributed by atoms with Gasteiger partial charge in [0.05, 0.1) is 25.2 Å². The Bertz CT molecular complexity index is 499. The molecule has 5 nitrogen and oxygen atoms in total. The van der Waals surface area contributed by atoms with Crippen molar-refractivity contribution in [3.63, 3.8) is 0 Å². The van der Waals surface area contributed by atoms with Crippen LogP contribution in [0, 0.1) is 0 Å². The number of nitrogens with one attached hydrogen (secondary N) is 1. The molecule has 0 aliphatic carbocycles. The molecule has 94 valence electrons. The van der Waals surface area contributed by atoms with Gasteiger partial charge < -0.3 is 15.8 Å². The maximum Gasteiger partial charge on any atom is 0.159 e. The largest absolute Gasteiger partial charge is 0.497 e. The van der Waals surface area contributed by atoms with E-state index in [1.54, 1.807) is 19.5 Å². The van der Waals surface area contributed by atoms with Crippen molar-refractivity contribution in [1.29, 1.82) is 0 Å². The van der Waals surface area contributed by atoms with Gasteiger partial charge in [0.1, 0.15) is 5.75 Å². The molecule has 0 fully saturated rings. The van der Waals surface area contributed by atoms with Crippen LogP contribution in [0.5, 0.6) is 5.75 Å². The molecule has 2 rings (SSSR count). The van der Waals surface area contributed by atoms with Crippen molar-refractivity contribution in [2.24, 2.45) is 5.73 Å². The molecule has 1 aromatic carbocycles. The van der Waals surface area contributed by atoms with Gasteiger partial charge in [0.2, 0.25) is 0 Å². The first-order chi connectivity index (χ1) is 8.83. The van der Waals surface area contributed by atoms with Crippen LogP contribution in [0.3, 0.4) is 0 Å². The van der Waals surface area contributed by atoms with Crippen molar-refractivity contribution < 1.29 is 4.74 Å². The zero-order chi connectivity index (χ0) is 12.8. The van der Waals surface area contributed by atoms with Crippen LogP contribution < -0.4 is 15.8 Å². The predicted molar refractivity (Wildman–Crippen MR) is 71.6 cm³/mol. The summed E-state index contributed by atoms with van der Waals surface area (Å²) < 4.78 is 5.17. The number of nitrogens with two attached hydrogens (primary N) is 1. The highest BCUT2D eigenvalue weighted by Gasteiger charge is 2.02. The highest BCUT2D eigenvalue weighted by molar-refractivity contribution is 5.58. The normalized spacial score (nSPS) is 10.1. The Kier molecular flexibility index (Phi) is 4.09. The SMILES string of the molecule is COc1cccc(-c2ncc(NCCN)cn2)c1. The fraction of sp³-hybridized carbons (Fsp3) is 0.231. The van der Waals surface area contributed by atoms with E-state index in [1.165, 1.54) is 0 Å². The third-order valence-electron chi connectivity index (χ3n) is 2.45. The molecule has 5 heteroatoms. The molecule has 0 atom stereocenters. The van der Waals surface area contributed by atoms with Crippen molar-refractivity contribution in [3.05, 3.63) is 36.7 Å². The number of nitrogens with zero attached hydrogens (tertiary/aromatic N) is 2. The second-order valence-corrected chi connectivity index (χ2v) is 3.74. The molecule has 0 bridgehead atoms. The minimum Gasteiger partial charge on any atom is -0.497 e. The van der Waals surface area contributed by atoms with E-state index >= 15 is 0 Å². The van der Waals surface area contributed by atoms with Crippen LogP contribution in [-0.2, 0) is 0 Å².